The van der Waals surface area contributed by atoms with Crippen molar-refractivity contribution in [2.75, 3.05) is 0 Å². The summed E-state index contributed by atoms with van der Waals surface area (Å²) in [4.78, 5) is 0. The first kappa shape index (κ1) is 11.8. The van der Waals surface area contributed by atoms with E-state index in [1.807, 2.05) is 0 Å². The fourth-order valence-corrected chi connectivity index (χ4v) is 2.12. The summed E-state index contributed by atoms with van der Waals surface area (Å²) >= 11 is 0. The number of hydrogen-bond acceptors (Lipinski definition) is 3. The molecule has 2 N–H and O–H groups in total. The maximum Gasteiger partial charge on any atom is 0.123 e. The van der Waals surface area contributed by atoms with Crippen LogP contribution in [0.15, 0.2) is 28.4 Å². The van der Waals surface area contributed by atoms with E-state index in [2.05, 4.69) is 49.2 Å². The van der Waals surface area contributed by atoms with Crippen LogP contribution >= 0.6 is 0 Å². The first-order valence-electron chi connectivity index (χ1n) is 6.09. The molecule has 1 aromatic rings. The Bertz CT molecular complexity index is 486. The van der Waals surface area contributed by atoms with E-state index in [9.17, 15) is 0 Å². The molecule has 0 saturated carbocycles. The van der Waals surface area contributed by atoms with Gasteiger partial charge in [0.2, 0.25) is 0 Å². The predicted molar refractivity (Wildman–Crippen MR) is 72.5 cm³/mol. The molecule has 0 fully saturated rings. The molecule has 0 radical (unpaired) electrons. The average molecular weight is 229 g/mol. The summed E-state index contributed by atoms with van der Waals surface area (Å²) in [5, 5.41) is 8.30. The number of nitrogens with two attached hydrogens (primary N) is 1. The van der Waals surface area contributed by atoms with Crippen molar-refractivity contribution < 1.29 is 0 Å². The van der Waals surface area contributed by atoms with Crippen LogP contribution in [0.25, 0.3) is 0 Å². The number of rotatable bonds is 2. The molecule has 1 aliphatic heterocycles. The number of benzene rings is 1. The van der Waals surface area contributed by atoms with Crippen molar-refractivity contribution in [1.29, 1.82) is 0 Å². The molecule has 90 valence electrons. The number of aryl methyl sites for hydroxylation is 2. The van der Waals surface area contributed by atoms with Gasteiger partial charge in [0.05, 0.1) is 5.71 Å². The second-order valence-electron chi connectivity index (χ2n) is 4.68. The second kappa shape index (κ2) is 4.70. The van der Waals surface area contributed by atoms with E-state index in [-0.39, 0.29) is 0 Å². The third kappa shape index (κ3) is 2.38. The van der Waals surface area contributed by atoms with Crippen molar-refractivity contribution in [1.82, 2.24) is 0 Å². The van der Waals surface area contributed by atoms with Crippen molar-refractivity contribution in [3.63, 3.8) is 0 Å². The fraction of sp³-hybridized carbons (Fsp3) is 0.429. The standard InChI is InChI=1S/C14H19N3/c1-4-11-8-13(15)16-17-14(11)12-6-5-9(2)10(3)7-12/h5-7,11H,4,8H2,1-3H3,(H2,15,16). The van der Waals surface area contributed by atoms with Crippen LogP contribution in [0.2, 0.25) is 0 Å². The Kier molecular flexibility index (Phi) is 3.27. The van der Waals surface area contributed by atoms with Gasteiger partial charge in [-0.1, -0.05) is 19.1 Å². The highest BCUT2D eigenvalue weighted by molar-refractivity contribution is 6.05. The van der Waals surface area contributed by atoms with Crippen LogP contribution in [0.4, 0.5) is 0 Å². The van der Waals surface area contributed by atoms with E-state index >= 15 is 0 Å². The molecule has 0 bridgehead atoms. The first-order chi connectivity index (χ1) is 8.11. The lowest BCUT2D eigenvalue weighted by Crippen LogP contribution is -2.26. The number of amidine groups is 1. The average Bonchev–Trinajstić information content (AvgIpc) is 2.32. The van der Waals surface area contributed by atoms with Gasteiger partial charge in [-0.05, 0) is 43.0 Å². The Morgan fingerprint density at radius 3 is 2.65 bits per heavy atom. The molecule has 2 rings (SSSR count). The van der Waals surface area contributed by atoms with Crippen molar-refractivity contribution in [3.05, 3.63) is 34.9 Å². The van der Waals surface area contributed by atoms with Crippen LogP contribution in [0, 0.1) is 19.8 Å². The van der Waals surface area contributed by atoms with Crippen LogP contribution in [0.1, 0.15) is 36.5 Å². The normalized spacial score (nSPS) is 19.8. The Morgan fingerprint density at radius 2 is 2.00 bits per heavy atom. The van der Waals surface area contributed by atoms with E-state index in [0.717, 1.165) is 18.6 Å². The third-order valence-electron chi connectivity index (χ3n) is 3.42. The summed E-state index contributed by atoms with van der Waals surface area (Å²) in [7, 11) is 0. The Hall–Kier alpha value is -1.64. The largest absolute Gasteiger partial charge is 0.386 e. The fourth-order valence-electron chi connectivity index (χ4n) is 2.12. The summed E-state index contributed by atoms with van der Waals surface area (Å²) in [6.07, 6.45) is 1.87. The number of nitrogens with zero attached hydrogens (tertiary/aromatic N) is 2. The maximum absolute atomic E-state index is 5.74. The van der Waals surface area contributed by atoms with Gasteiger partial charge in [-0.2, -0.15) is 5.10 Å². The Balaban J connectivity index is 2.40. The summed E-state index contributed by atoms with van der Waals surface area (Å²) in [6.45, 7) is 6.41. The van der Waals surface area contributed by atoms with Gasteiger partial charge in [0.1, 0.15) is 5.84 Å². The minimum absolute atomic E-state index is 0.398. The van der Waals surface area contributed by atoms with Gasteiger partial charge < -0.3 is 5.73 Å². The van der Waals surface area contributed by atoms with E-state index in [1.165, 1.54) is 16.7 Å². The van der Waals surface area contributed by atoms with Crippen molar-refractivity contribution in [3.8, 4) is 0 Å². The van der Waals surface area contributed by atoms with E-state index < -0.39 is 0 Å². The number of hydrogen-bond donors (Lipinski definition) is 1. The van der Waals surface area contributed by atoms with E-state index in [1.54, 1.807) is 0 Å². The van der Waals surface area contributed by atoms with E-state index in [0.29, 0.717) is 11.8 Å². The van der Waals surface area contributed by atoms with Gasteiger partial charge in [-0.3, -0.25) is 0 Å². The molecule has 0 spiro atoms. The Labute approximate surface area is 102 Å². The molecule has 0 aliphatic carbocycles. The van der Waals surface area contributed by atoms with Crippen LogP contribution in [0.5, 0.6) is 0 Å². The van der Waals surface area contributed by atoms with Crippen LogP contribution in [-0.4, -0.2) is 11.5 Å². The lowest BCUT2D eigenvalue weighted by atomic mass is 9.89. The molecule has 3 nitrogen and oxygen atoms in total. The summed E-state index contributed by atoms with van der Waals surface area (Å²) < 4.78 is 0. The lowest BCUT2D eigenvalue weighted by Gasteiger charge is -2.20. The zero-order valence-corrected chi connectivity index (χ0v) is 10.7. The molecule has 3 heteroatoms. The highest BCUT2D eigenvalue weighted by atomic mass is 15.2. The molecule has 0 saturated heterocycles. The van der Waals surface area contributed by atoms with E-state index in [4.69, 9.17) is 5.73 Å². The molecule has 0 amide bonds. The van der Waals surface area contributed by atoms with Gasteiger partial charge in [0, 0.05) is 12.3 Å². The molecule has 1 unspecified atom stereocenters. The molecule has 0 aromatic heterocycles. The van der Waals surface area contributed by atoms with Crippen molar-refractivity contribution >= 4 is 11.5 Å². The van der Waals surface area contributed by atoms with Gasteiger partial charge in [-0.15, -0.1) is 5.10 Å². The highest BCUT2D eigenvalue weighted by Gasteiger charge is 2.21. The molecule has 1 heterocycles. The van der Waals surface area contributed by atoms with Gasteiger partial charge in [0.25, 0.3) is 0 Å². The monoisotopic (exact) mass is 229 g/mol. The van der Waals surface area contributed by atoms with Gasteiger partial charge >= 0.3 is 0 Å². The second-order valence-corrected chi connectivity index (χ2v) is 4.68. The molecule has 1 aliphatic rings. The minimum Gasteiger partial charge on any atom is -0.386 e. The third-order valence-corrected chi connectivity index (χ3v) is 3.42. The highest BCUT2D eigenvalue weighted by Crippen LogP contribution is 2.22. The van der Waals surface area contributed by atoms with Crippen LogP contribution in [0.3, 0.4) is 0 Å². The molecule has 1 aromatic carbocycles. The SMILES string of the molecule is CCC1CC(N)=NN=C1c1ccc(C)c(C)c1. The van der Waals surface area contributed by atoms with Crippen LogP contribution in [-0.2, 0) is 0 Å². The zero-order chi connectivity index (χ0) is 12.4. The molecular weight excluding hydrogens is 210 g/mol. The molecular formula is C14H19N3. The smallest absolute Gasteiger partial charge is 0.123 e. The zero-order valence-electron chi connectivity index (χ0n) is 10.7. The predicted octanol–water partition coefficient (Wildman–Crippen LogP) is 2.79. The van der Waals surface area contributed by atoms with Crippen molar-refractivity contribution in [2.45, 2.75) is 33.6 Å². The quantitative estimate of drug-likeness (QED) is 0.833. The van der Waals surface area contributed by atoms with Crippen LogP contribution < -0.4 is 5.73 Å². The molecule has 17 heavy (non-hydrogen) atoms. The topological polar surface area (TPSA) is 50.7 Å². The first-order valence-corrected chi connectivity index (χ1v) is 6.09. The summed E-state index contributed by atoms with van der Waals surface area (Å²) in [6, 6.07) is 6.45. The summed E-state index contributed by atoms with van der Waals surface area (Å²) in [5.74, 6) is 1.04. The Morgan fingerprint density at radius 1 is 1.24 bits per heavy atom. The van der Waals surface area contributed by atoms with Crippen molar-refractivity contribution in [2.24, 2.45) is 21.9 Å². The van der Waals surface area contributed by atoms with Gasteiger partial charge in [0.15, 0.2) is 0 Å². The lowest BCUT2D eigenvalue weighted by molar-refractivity contribution is 0.677. The maximum atomic E-state index is 5.74. The summed E-state index contributed by atoms with van der Waals surface area (Å²) in [5.41, 5.74) is 10.6. The minimum atomic E-state index is 0.398. The molecule has 1 atom stereocenters. The van der Waals surface area contributed by atoms with Gasteiger partial charge in [-0.25, -0.2) is 0 Å².